The van der Waals surface area contributed by atoms with Crippen molar-refractivity contribution in [3.8, 4) is 10.4 Å². The minimum Gasteiger partial charge on any atom is -0.369 e. The second-order valence-corrected chi connectivity index (χ2v) is 7.01. The van der Waals surface area contributed by atoms with Crippen LogP contribution in [0.3, 0.4) is 0 Å². The van der Waals surface area contributed by atoms with Crippen molar-refractivity contribution < 1.29 is 0 Å². The number of thiophene rings is 1. The molecule has 132 valence electrons. The summed E-state index contributed by atoms with van der Waals surface area (Å²) in [5, 5.41) is 9.57. The summed E-state index contributed by atoms with van der Waals surface area (Å²) in [6.45, 7) is 4.71. The van der Waals surface area contributed by atoms with E-state index in [2.05, 4.69) is 56.8 Å². The average molecular weight is 378 g/mol. The summed E-state index contributed by atoms with van der Waals surface area (Å²) in [5.74, 6) is 0. The van der Waals surface area contributed by atoms with Crippen molar-refractivity contribution >= 4 is 29.4 Å². The van der Waals surface area contributed by atoms with E-state index in [1.807, 2.05) is 0 Å². The number of aromatic nitrogens is 3. The van der Waals surface area contributed by atoms with Crippen LogP contribution in [0.1, 0.15) is 4.88 Å². The van der Waals surface area contributed by atoms with Crippen LogP contribution in [0.25, 0.3) is 10.4 Å². The summed E-state index contributed by atoms with van der Waals surface area (Å²) in [6.07, 6.45) is 1.53. The van der Waals surface area contributed by atoms with Crippen LogP contribution in [-0.4, -0.2) is 40.9 Å². The predicted octanol–water partition coefficient (Wildman–Crippen LogP) is 2.18. The highest BCUT2D eigenvalue weighted by molar-refractivity contribution is 7.15. The van der Waals surface area contributed by atoms with Crippen LogP contribution >= 0.6 is 23.7 Å². The van der Waals surface area contributed by atoms with Crippen molar-refractivity contribution in [2.45, 2.75) is 6.54 Å². The molecular formula is C17H20ClN5OS. The molecule has 4 rings (SSSR count). The van der Waals surface area contributed by atoms with Crippen molar-refractivity contribution in [3.05, 3.63) is 58.1 Å². The smallest absolute Gasteiger partial charge is 0.343 e. The first kappa shape index (κ1) is 17.7. The molecule has 1 fully saturated rings. The molecule has 0 radical (unpaired) electrons. The first-order valence-corrected chi connectivity index (χ1v) is 8.86. The average Bonchev–Trinajstić information content (AvgIpc) is 3.26. The molecule has 2 aromatic heterocycles. The zero-order chi connectivity index (χ0) is 16.4. The molecule has 8 heteroatoms. The van der Waals surface area contributed by atoms with E-state index in [0.717, 1.165) is 31.1 Å². The largest absolute Gasteiger partial charge is 0.369 e. The van der Waals surface area contributed by atoms with E-state index in [9.17, 15) is 4.79 Å². The Labute approximate surface area is 155 Å². The van der Waals surface area contributed by atoms with Crippen molar-refractivity contribution in [2.24, 2.45) is 0 Å². The van der Waals surface area contributed by atoms with E-state index in [4.69, 9.17) is 0 Å². The number of hydrogen-bond acceptors (Lipinski definition) is 5. The lowest BCUT2D eigenvalue weighted by atomic mass is 10.1. The Morgan fingerprint density at radius 1 is 1.16 bits per heavy atom. The highest BCUT2D eigenvalue weighted by Crippen LogP contribution is 2.31. The first-order valence-electron chi connectivity index (χ1n) is 8.04. The highest BCUT2D eigenvalue weighted by Gasteiger charge is 2.12. The third kappa shape index (κ3) is 3.95. The van der Waals surface area contributed by atoms with Gasteiger partial charge in [0.15, 0.2) is 0 Å². The minimum absolute atomic E-state index is 0. The highest BCUT2D eigenvalue weighted by atomic mass is 35.5. The van der Waals surface area contributed by atoms with Crippen molar-refractivity contribution in [1.82, 2.24) is 20.1 Å². The number of hydrogen-bond donors (Lipinski definition) is 2. The van der Waals surface area contributed by atoms with Gasteiger partial charge in [0.1, 0.15) is 6.33 Å². The number of piperazine rings is 1. The lowest BCUT2D eigenvalue weighted by Crippen LogP contribution is -2.43. The quantitative estimate of drug-likeness (QED) is 0.731. The molecule has 1 aliphatic rings. The minimum atomic E-state index is -0.175. The number of nitrogens with zero attached hydrogens (tertiary/aromatic N) is 3. The standard InChI is InChI=1S/C17H19N5OS.ClH/c23-17-20-19-12-22(17)11-15-4-5-16(24-15)13-2-1-3-14(10-13)21-8-6-18-7-9-21;/h1-5,10,12,18H,6-9,11H2,(H,20,23);1H. The predicted molar refractivity (Wildman–Crippen MR) is 104 cm³/mol. The maximum absolute atomic E-state index is 11.6. The van der Waals surface area contributed by atoms with Crippen LogP contribution < -0.4 is 15.9 Å². The van der Waals surface area contributed by atoms with E-state index in [0.29, 0.717) is 6.54 Å². The van der Waals surface area contributed by atoms with E-state index < -0.39 is 0 Å². The fourth-order valence-electron chi connectivity index (χ4n) is 2.95. The Kier molecular flexibility index (Phi) is 5.57. The molecule has 0 aliphatic carbocycles. The fourth-order valence-corrected chi connectivity index (χ4v) is 3.95. The lowest BCUT2D eigenvalue weighted by Gasteiger charge is -2.29. The second-order valence-electron chi connectivity index (χ2n) is 5.84. The number of halogens is 1. The molecule has 1 aromatic carbocycles. The number of benzene rings is 1. The summed E-state index contributed by atoms with van der Waals surface area (Å²) in [4.78, 5) is 16.3. The van der Waals surface area contributed by atoms with Crippen LogP contribution in [0.4, 0.5) is 5.69 Å². The number of rotatable bonds is 4. The molecule has 0 atom stereocenters. The molecule has 0 unspecified atom stereocenters. The summed E-state index contributed by atoms with van der Waals surface area (Å²) in [5.41, 5.74) is 2.32. The SMILES string of the molecule is Cl.O=c1[nH]ncn1Cc1ccc(-c2cccc(N3CCNCC3)c2)s1. The van der Waals surface area contributed by atoms with Gasteiger partial charge in [0, 0.05) is 41.6 Å². The van der Waals surface area contributed by atoms with Gasteiger partial charge in [-0.2, -0.15) is 5.10 Å². The topological polar surface area (TPSA) is 66.0 Å². The van der Waals surface area contributed by atoms with E-state index >= 15 is 0 Å². The van der Waals surface area contributed by atoms with Crippen LogP contribution in [0.2, 0.25) is 0 Å². The second kappa shape index (κ2) is 7.86. The Hall–Kier alpha value is -2.09. The van der Waals surface area contributed by atoms with Gasteiger partial charge in [-0.15, -0.1) is 23.7 Å². The molecule has 6 nitrogen and oxygen atoms in total. The van der Waals surface area contributed by atoms with Gasteiger partial charge < -0.3 is 10.2 Å². The molecule has 1 aliphatic heterocycles. The molecule has 3 heterocycles. The zero-order valence-electron chi connectivity index (χ0n) is 13.6. The van der Waals surface area contributed by atoms with Gasteiger partial charge in [-0.3, -0.25) is 4.57 Å². The monoisotopic (exact) mass is 377 g/mol. The Morgan fingerprint density at radius 3 is 2.76 bits per heavy atom. The van der Waals surface area contributed by atoms with Crippen molar-refractivity contribution in [1.29, 1.82) is 0 Å². The molecule has 0 spiro atoms. The van der Waals surface area contributed by atoms with E-state index in [1.54, 1.807) is 15.9 Å². The fraction of sp³-hybridized carbons (Fsp3) is 0.294. The van der Waals surface area contributed by atoms with Gasteiger partial charge in [0.25, 0.3) is 0 Å². The molecular weight excluding hydrogens is 358 g/mol. The van der Waals surface area contributed by atoms with Gasteiger partial charge in [0.2, 0.25) is 0 Å². The van der Waals surface area contributed by atoms with Crippen LogP contribution in [-0.2, 0) is 6.54 Å². The maximum Gasteiger partial charge on any atom is 0.343 e. The molecule has 1 saturated heterocycles. The zero-order valence-corrected chi connectivity index (χ0v) is 15.3. The Balaban J connectivity index is 0.00000182. The molecule has 0 bridgehead atoms. The van der Waals surface area contributed by atoms with Gasteiger partial charge in [-0.05, 0) is 29.8 Å². The van der Waals surface area contributed by atoms with E-state index in [-0.39, 0.29) is 18.1 Å². The number of anilines is 1. The third-order valence-corrected chi connectivity index (χ3v) is 5.34. The van der Waals surface area contributed by atoms with Crippen LogP contribution in [0.15, 0.2) is 47.5 Å². The van der Waals surface area contributed by atoms with Crippen LogP contribution in [0.5, 0.6) is 0 Å². The summed E-state index contributed by atoms with van der Waals surface area (Å²) in [7, 11) is 0. The summed E-state index contributed by atoms with van der Waals surface area (Å²) >= 11 is 1.72. The Bertz CT molecular complexity index is 881. The summed E-state index contributed by atoms with van der Waals surface area (Å²) in [6, 6.07) is 12.9. The molecule has 0 amide bonds. The molecule has 3 aromatic rings. The van der Waals surface area contributed by atoms with E-state index in [1.165, 1.54) is 22.5 Å². The summed E-state index contributed by atoms with van der Waals surface area (Å²) < 4.78 is 1.58. The number of H-pyrrole nitrogens is 1. The van der Waals surface area contributed by atoms with Crippen molar-refractivity contribution in [3.63, 3.8) is 0 Å². The molecule has 25 heavy (non-hydrogen) atoms. The maximum atomic E-state index is 11.6. The lowest BCUT2D eigenvalue weighted by molar-refractivity contribution is 0.589. The van der Waals surface area contributed by atoms with Gasteiger partial charge in [0.05, 0.1) is 6.54 Å². The first-order chi connectivity index (χ1) is 11.8. The molecule has 0 saturated carbocycles. The van der Waals surface area contributed by atoms with Gasteiger partial charge in [-0.1, -0.05) is 12.1 Å². The Morgan fingerprint density at radius 2 is 2.00 bits per heavy atom. The number of aromatic amines is 1. The third-order valence-electron chi connectivity index (χ3n) is 4.22. The van der Waals surface area contributed by atoms with Crippen LogP contribution in [0, 0.1) is 0 Å². The molecule has 2 N–H and O–H groups in total. The number of nitrogens with one attached hydrogen (secondary N) is 2. The van der Waals surface area contributed by atoms with Gasteiger partial charge >= 0.3 is 5.69 Å². The normalized spacial score (nSPS) is 14.3. The van der Waals surface area contributed by atoms with Crippen molar-refractivity contribution in [2.75, 3.05) is 31.1 Å². The van der Waals surface area contributed by atoms with Gasteiger partial charge in [-0.25, -0.2) is 9.89 Å².